The van der Waals surface area contributed by atoms with E-state index < -0.39 is 11.4 Å². The van der Waals surface area contributed by atoms with Gasteiger partial charge in [-0.3, -0.25) is 0 Å². The molecule has 0 heterocycles. The van der Waals surface area contributed by atoms with Gasteiger partial charge in [-0.05, 0) is 20.8 Å². The van der Waals surface area contributed by atoms with Crippen molar-refractivity contribution in [1.29, 1.82) is 0 Å². The molecule has 1 unspecified atom stereocenters. The highest BCUT2D eigenvalue weighted by Gasteiger charge is 2.24. The summed E-state index contributed by atoms with van der Waals surface area (Å²) in [5.74, 6) is 0. The Morgan fingerprint density at radius 2 is 1.75 bits per heavy atom. The fourth-order valence-corrected chi connectivity index (χ4v) is 0.919. The molecular weight excluding hydrogens is 122 g/mol. The quantitative estimate of drug-likeness (QED) is 0.536. The summed E-state index contributed by atoms with van der Waals surface area (Å²) in [6.45, 7) is 5.79. The lowest BCUT2D eigenvalue weighted by molar-refractivity contribution is 0.551. The van der Waals surface area contributed by atoms with Gasteiger partial charge in [-0.15, -0.1) is 4.72 Å². The van der Waals surface area contributed by atoms with Crippen LogP contribution in [-0.2, 0) is 11.4 Å². The monoisotopic (exact) mass is 135 g/mol. The van der Waals surface area contributed by atoms with E-state index in [9.17, 15) is 4.55 Å². The fraction of sp³-hybridized carbons (Fsp3) is 1.00. The average Bonchev–Trinajstić information content (AvgIpc) is 1.62. The fourth-order valence-electron chi connectivity index (χ4n) is 0.306. The lowest BCUT2D eigenvalue weighted by Gasteiger charge is -2.21. The van der Waals surface area contributed by atoms with Crippen molar-refractivity contribution < 1.29 is 4.55 Å². The third kappa shape index (κ3) is 2.55. The third-order valence-corrected chi connectivity index (χ3v) is 2.22. The molecule has 0 aliphatic rings. The van der Waals surface area contributed by atoms with Crippen LogP contribution >= 0.6 is 0 Å². The Kier molecular flexibility index (Phi) is 2.80. The molecule has 0 aliphatic heterocycles. The average molecular weight is 135 g/mol. The molecule has 3 heteroatoms. The lowest BCUT2D eigenvalue weighted by atomic mass is 10.3. The van der Waals surface area contributed by atoms with Crippen molar-refractivity contribution in [3.63, 3.8) is 0 Å². The number of hydrogen-bond acceptors (Lipinski definition) is 2. The van der Waals surface area contributed by atoms with Gasteiger partial charge in [0.05, 0.1) is 0 Å². The maximum absolute atomic E-state index is 10.8. The van der Waals surface area contributed by atoms with Gasteiger partial charge >= 0.3 is 0 Å². The Balaban J connectivity index is 3.62. The van der Waals surface area contributed by atoms with Gasteiger partial charge in [-0.25, -0.2) is 0 Å². The van der Waals surface area contributed by atoms with Crippen LogP contribution in [0.15, 0.2) is 0 Å². The van der Waals surface area contributed by atoms with Crippen molar-refractivity contribution in [2.45, 2.75) is 25.5 Å². The molecule has 8 heavy (non-hydrogen) atoms. The molecule has 0 aromatic rings. The number of hydrogen-bond donors (Lipinski definition) is 1. The summed E-state index contributed by atoms with van der Waals surface area (Å²) in [5, 5.41) is 0. The maximum Gasteiger partial charge on any atom is 0.136 e. The molecule has 0 radical (unpaired) electrons. The van der Waals surface area contributed by atoms with Crippen LogP contribution in [0.25, 0.3) is 0 Å². The van der Waals surface area contributed by atoms with Gasteiger partial charge in [0.2, 0.25) is 0 Å². The number of rotatable bonds is 1. The van der Waals surface area contributed by atoms with E-state index in [1.165, 1.54) is 0 Å². The Hall–Kier alpha value is 0.270. The minimum atomic E-state index is -0.894. The van der Waals surface area contributed by atoms with Crippen molar-refractivity contribution >= 4 is 11.4 Å². The third-order valence-electron chi connectivity index (χ3n) is 0.742. The van der Waals surface area contributed by atoms with E-state index in [4.69, 9.17) is 0 Å². The zero-order valence-electron chi connectivity index (χ0n) is 5.82. The second kappa shape index (κ2) is 2.71. The topological polar surface area (TPSA) is 35.1 Å². The molecule has 0 saturated carbocycles. The zero-order chi connectivity index (χ0) is 6.78. The van der Waals surface area contributed by atoms with Crippen molar-refractivity contribution in [3.05, 3.63) is 0 Å². The molecule has 0 amide bonds. The Morgan fingerprint density at radius 3 is 1.75 bits per heavy atom. The molecule has 0 bridgehead atoms. The van der Waals surface area contributed by atoms with Gasteiger partial charge in [0, 0.05) is 18.4 Å². The standard InChI is InChI=1S/C5H13NOS/c1-5(2,3)8(7)6-4/h6H,1-4H3. The summed E-state index contributed by atoms with van der Waals surface area (Å²) in [6, 6.07) is 0. The minimum Gasteiger partial charge on any atom is -0.598 e. The van der Waals surface area contributed by atoms with E-state index in [-0.39, 0.29) is 4.75 Å². The minimum absolute atomic E-state index is 0.130. The Labute approximate surface area is 54.0 Å². The smallest absolute Gasteiger partial charge is 0.136 e. The summed E-state index contributed by atoms with van der Waals surface area (Å²) in [4.78, 5) is 0. The normalized spacial score (nSPS) is 16.1. The summed E-state index contributed by atoms with van der Waals surface area (Å²) < 4.78 is 13.4. The van der Waals surface area contributed by atoms with Gasteiger partial charge in [-0.2, -0.15) is 0 Å². The molecule has 0 aromatic carbocycles. The second-order valence-electron chi connectivity index (χ2n) is 2.59. The summed E-state index contributed by atoms with van der Waals surface area (Å²) in [6.07, 6.45) is 0. The first-order valence-corrected chi connectivity index (χ1v) is 3.72. The van der Waals surface area contributed by atoms with E-state index in [0.717, 1.165) is 0 Å². The predicted molar refractivity (Wildman–Crippen MR) is 37.0 cm³/mol. The van der Waals surface area contributed by atoms with E-state index in [1.807, 2.05) is 20.8 Å². The van der Waals surface area contributed by atoms with Crippen LogP contribution in [0.2, 0.25) is 0 Å². The lowest BCUT2D eigenvalue weighted by Crippen LogP contribution is -2.37. The van der Waals surface area contributed by atoms with Gasteiger partial charge < -0.3 is 4.55 Å². The zero-order valence-corrected chi connectivity index (χ0v) is 6.63. The number of nitrogens with one attached hydrogen (secondary N) is 1. The van der Waals surface area contributed by atoms with Gasteiger partial charge in [0.25, 0.3) is 0 Å². The first-order chi connectivity index (χ1) is 3.48. The summed E-state index contributed by atoms with van der Waals surface area (Å²) in [5.41, 5.74) is 0. The Bertz CT molecular complexity index is 69.3. The molecule has 0 spiro atoms. The van der Waals surface area contributed by atoms with Gasteiger partial charge in [-0.1, -0.05) is 0 Å². The van der Waals surface area contributed by atoms with Crippen LogP contribution in [0.1, 0.15) is 20.8 Å². The van der Waals surface area contributed by atoms with E-state index in [1.54, 1.807) is 7.05 Å². The summed E-state index contributed by atoms with van der Waals surface area (Å²) in [7, 11) is 1.70. The molecule has 0 aliphatic carbocycles. The molecular formula is C5H13NOS. The van der Waals surface area contributed by atoms with Crippen LogP contribution in [0.5, 0.6) is 0 Å². The van der Waals surface area contributed by atoms with Crippen LogP contribution in [0.4, 0.5) is 0 Å². The SMILES string of the molecule is CN[S+]([O-])C(C)(C)C. The van der Waals surface area contributed by atoms with Crippen molar-refractivity contribution in [1.82, 2.24) is 4.72 Å². The molecule has 0 saturated heterocycles. The van der Waals surface area contributed by atoms with E-state index in [0.29, 0.717) is 0 Å². The van der Waals surface area contributed by atoms with Gasteiger partial charge in [0.1, 0.15) is 4.75 Å². The highest BCUT2D eigenvalue weighted by molar-refractivity contribution is 7.90. The maximum atomic E-state index is 10.8. The van der Waals surface area contributed by atoms with Crippen molar-refractivity contribution in [3.8, 4) is 0 Å². The molecule has 1 N–H and O–H groups in total. The van der Waals surface area contributed by atoms with Crippen LogP contribution in [-0.4, -0.2) is 16.3 Å². The Morgan fingerprint density at radius 1 is 1.38 bits per heavy atom. The molecule has 2 nitrogen and oxygen atoms in total. The van der Waals surface area contributed by atoms with Gasteiger partial charge in [0.15, 0.2) is 0 Å². The first kappa shape index (κ1) is 8.27. The van der Waals surface area contributed by atoms with E-state index in [2.05, 4.69) is 4.72 Å². The largest absolute Gasteiger partial charge is 0.598 e. The van der Waals surface area contributed by atoms with Crippen LogP contribution in [0, 0.1) is 0 Å². The highest BCUT2D eigenvalue weighted by atomic mass is 32.2. The van der Waals surface area contributed by atoms with Crippen LogP contribution < -0.4 is 4.72 Å². The molecule has 50 valence electrons. The van der Waals surface area contributed by atoms with Crippen molar-refractivity contribution in [2.75, 3.05) is 7.05 Å². The first-order valence-electron chi connectivity index (χ1n) is 2.57. The molecule has 1 atom stereocenters. The predicted octanol–water partition coefficient (Wildman–Crippen LogP) is 0.668. The highest BCUT2D eigenvalue weighted by Crippen LogP contribution is 2.11. The molecule has 0 fully saturated rings. The van der Waals surface area contributed by atoms with Crippen LogP contribution in [0.3, 0.4) is 0 Å². The molecule has 0 aromatic heterocycles. The molecule has 0 rings (SSSR count). The van der Waals surface area contributed by atoms with Crippen molar-refractivity contribution in [2.24, 2.45) is 0 Å². The summed E-state index contributed by atoms with van der Waals surface area (Å²) >= 11 is -0.894. The van der Waals surface area contributed by atoms with E-state index >= 15 is 0 Å². The second-order valence-corrected chi connectivity index (χ2v) is 4.76.